The minimum atomic E-state index is -4.76. The number of carbonyl (C=O) groups excluding carboxylic acids is 1. The van der Waals surface area contributed by atoms with Crippen LogP contribution in [0.15, 0.2) is 42.5 Å². The molecule has 0 radical (unpaired) electrons. The van der Waals surface area contributed by atoms with E-state index in [4.69, 9.17) is 14.0 Å². The Morgan fingerprint density at radius 2 is 1.55 bits per heavy atom. The van der Waals surface area contributed by atoms with Crippen LogP contribution in [0.2, 0.25) is 0 Å². The van der Waals surface area contributed by atoms with Crippen LogP contribution in [0, 0.1) is 5.41 Å². The third-order valence-electron chi connectivity index (χ3n) is 7.31. The second kappa shape index (κ2) is 12.2. The summed E-state index contributed by atoms with van der Waals surface area (Å²) in [5.41, 5.74) is 3.21. The Bertz CT molecular complexity index is 1120. The lowest BCUT2D eigenvalue weighted by atomic mass is 9.83. The summed E-state index contributed by atoms with van der Waals surface area (Å²) in [6, 6.07) is 11.9. The monoisotopic (exact) mass is 548 g/mol. The normalized spacial score (nSPS) is 16.9. The van der Waals surface area contributed by atoms with Crippen molar-refractivity contribution in [2.24, 2.45) is 5.41 Å². The summed E-state index contributed by atoms with van der Waals surface area (Å²) in [7, 11) is -4.76. The molecule has 10 heteroatoms. The molecular weight excluding hydrogens is 507 g/mol. The first-order chi connectivity index (χ1) is 17.8. The topological polar surface area (TPSA) is 126 Å². The van der Waals surface area contributed by atoms with Gasteiger partial charge in [0, 0.05) is 16.7 Å². The van der Waals surface area contributed by atoms with E-state index in [1.165, 1.54) is 12.1 Å². The number of nitrogens with one attached hydrogen (secondary N) is 2. The van der Waals surface area contributed by atoms with Gasteiger partial charge in [0.05, 0.1) is 19.8 Å². The number of amides is 2. The van der Waals surface area contributed by atoms with Crippen molar-refractivity contribution in [3.05, 3.63) is 59.2 Å². The molecule has 1 aliphatic rings. The van der Waals surface area contributed by atoms with Crippen molar-refractivity contribution in [1.82, 2.24) is 5.32 Å². The summed E-state index contributed by atoms with van der Waals surface area (Å²) in [4.78, 5) is 31.7. The van der Waals surface area contributed by atoms with E-state index in [0.29, 0.717) is 18.8 Å². The van der Waals surface area contributed by atoms with E-state index >= 15 is 0 Å². The van der Waals surface area contributed by atoms with Gasteiger partial charge in [-0.05, 0) is 47.9 Å². The van der Waals surface area contributed by atoms with Crippen LogP contribution >= 0.6 is 7.82 Å². The van der Waals surface area contributed by atoms with Crippen molar-refractivity contribution in [1.29, 1.82) is 0 Å². The minimum absolute atomic E-state index is 0.0252. The van der Waals surface area contributed by atoms with Crippen LogP contribution in [0.4, 0.5) is 10.5 Å². The predicted octanol–water partition coefficient (Wildman–Crippen LogP) is 6.23. The molecule has 1 aliphatic heterocycles. The van der Waals surface area contributed by atoms with Gasteiger partial charge in [0.1, 0.15) is 5.75 Å². The average molecular weight is 549 g/mol. The second-order valence-corrected chi connectivity index (χ2v) is 11.7. The van der Waals surface area contributed by atoms with Crippen molar-refractivity contribution >= 4 is 19.5 Å². The largest absolute Gasteiger partial charge is 0.524 e. The lowest BCUT2D eigenvalue weighted by Crippen LogP contribution is -2.53. The standard InChI is InChI=1S/C28H41N2O7P/c1-7-27(8-2)17-35-28(36-18-27,21-11-9-12-22(15-21)37-38(32,33)34)16-29-26(31)30-25-23(19(3)4)13-10-14-24(25)20(5)6/h9-15,19-20H,7-8,16-18H2,1-6H3,(H2,29,30,31)(H2,32,33,34). The molecule has 3 rings (SSSR count). The highest BCUT2D eigenvalue weighted by atomic mass is 31.2. The van der Waals surface area contributed by atoms with Gasteiger partial charge in [0.2, 0.25) is 5.79 Å². The fraction of sp³-hybridized carbons (Fsp3) is 0.536. The number of para-hydroxylation sites is 1. The molecule has 9 nitrogen and oxygen atoms in total. The Hall–Kier alpha value is -2.42. The van der Waals surface area contributed by atoms with Gasteiger partial charge < -0.3 is 24.6 Å². The average Bonchev–Trinajstić information content (AvgIpc) is 2.87. The number of urea groups is 1. The van der Waals surface area contributed by atoms with Crippen molar-refractivity contribution in [3.8, 4) is 5.75 Å². The number of rotatable bonds is 10. The molecule has 2 amide bonds. The Kier molecular flexibility index (Phi) is 9.66. The molecule has 38 heavy (non-hydrogen) atoms. The highest BCUT2D eigenvalue weighted by Crippen LogP contribution is 2.43. The summed E-state index contributed by atoms with van der Waals surface area (Å²) in [6.07, 6.45) is 1.72. The van der Waals surface area contributed by atoms with E-state index in [1.54, 1.807) is 12.1 Å². The number of anilines is 1. The minimum Gasteiger partial charge on any atom is -0.404 e. The number of carbonyl (C=O) groups is 1. The molecule has 1 fully saturated rings. The lowest BCUT2D eigenvalue weighted by molar-refractivity contribution is -0.310. The molecule has 0 saturated carbocycles. The van der Waals surface area contributed by atoms with E-state index in [0.717, 1.165) is 29.7 Å². The molecule has 4 N–H and O–H groups in total. The molecule has 0 aromatic heterocycles. The van der Waals surface area contributed by atoms with Gasteiger partial charge in [-0.1, -0.05) is 71.9 Å². The number of phosphoric ester groups is 1. The highest BCUT2D eigenvalue weighted by Gasteiger charge is 2.45. The Morgan fingerprint density at radius 1 is 1.00 bits per heavy atom. The van der Waals surface area contributed by atoms with Crippen molar-refractivity contribution in [2.45, 2.75) is 72.0 Å². The molecule has 0 unspecified atom stereocenters. The molecule has 210 valence electrons. The van der Waals surface area contributed by atoms with E-state index in [1.807, 2.05) is 18.2 Å². The summed E-state index contributed by atoms with van der Waals surface area (Å²) < 4.78 is 28.9. The quantitative estimate of drug-likeness (QED) is 0.259. The van der Waals surface area contributed by atoms with Gasteiger partial charge in [0.25, 0.3) is 0 Å². The van der Waals surface area contributed by atoms with Crippen LogP contribution in [0.3, 0.4) is 0 Å². The number of hydrogen-bond acceptors (Lipinski definition) is 5. The third kappa shape index (κ3) is 7.16. The van der Waals surface area contributed by atoms with E-state index < -0.39 is 19.6 Å². The zero-order chi connectivity index (χ0) is 28.1. The zero-order valence-corrected chi connectivity index (χ0v) is 24.0. The van der Waals surface area contributed by atoms with E-state index in [2.05, 4.69) is 52.2 Å². The molecule has 2 aromatic carbocycles. The van der Waals surface area contributed by atoms with Gasteiger partial charge in [-0.2, -0.15) is 0 Å². The van der Waals surface area contributed by atoms with Gasteiger partial charge in [-0.3, -0.25) is 9.79 Å². The van der Waals surface area contributed by atoms with Crippen LogP contribution in [0.5, 0.6) is 5.75 Å². The van der Waals surface area contributed by atoms with Crippen LogP contribution in [-0.2, 0) is 19.8 Å². The lowest BCUT2D eigenvalue weighted by Gasteiger charge is -2.46. The molecule has 1 heterocycles. The number of ether oxygens (including phenoxy) is 2. The van der Waals surface area contributed by atoms with Crippen LogP contribution in [0.25, 0.3) is 0 Å². The van der Waals surface area contributed by atoms with Gasteiger partial charge in [-0.25, -0.2) is 9.36 Å². The first-order valence-corrected chi connectivity index (χ1v) is 14.7. The number of benzene rings is 2. The van der Waals surface area contributed by atoms with Crippen LogP contribution in [0.1, 0.15) is 82.9 Å². The molecule has 0 atom stereocenters. The molecular formula is C28H41N2O7P. The molecule has 0 bridgehead atoms. The summed E-state index contributed by atoms with van der Waals surface area (Å²) >= 11 is 0. The Labute approximate surface area is 225 Å². The first-order valence-electron chi connectivity index (χ1n) is 13.1. The maximum absolute atomic E-state index is 13.2. The first kappa shape index (κ1) is 30.1. The predicted molar refractivity (Wildman–Crippen MR) is 147 cm³/mol. The van der Waals surface area contributed by atoms with Crippen molar-refractivity contribution < 1.29 is 33.1 Å². The van der Waals surface area contributed by atoms with Crippen LogP contribution in [-0.4, -0.2) is 35.6 Å². The van der Waals surface area contributed by atoms with Gasteiger partial charge >= 0.3 is 13.9 Å². The van der Waals surface area contributed by atoms with Crippen molar-refractivity contribution in [3.63, 3.8) is 0 Å². The number of hydrogen-bond donors (Lipinski definition) is 4. The SMILES string of the molecule is CCC1(CC)COC(CNC(=O)Nc2c(C(C)C)cccc2C(C)C)(c2cccc(OP(=O)(O)O)c2)OC1. The van der Waals surface area contributed by atoms with Gasteiger partial charge in [-0.15, -0.1) is 0 Å². The molecule has 0 aliphatic carbocycles. The highest BCUT2D eigenvalue weighted by molar-refractivity contribution is 7.46. The smallest absolute Gasteiger partial charge is 0.404 e. The van der Waals surface area contributed by atoms with E-state index in [9.17, 15) is 19.1 Å². The fourth-order valence-corrected chi connectivity index (χ4v) is 5.02. The molecule has 0 spiro atoms. The maximum Gasteiger partial charge on any atom is 0.524 e. The maximum atomic E-state index is 13.2. The van der Waals surface area contributed by atoms with Crippen LogP contribution < -0.4 is 15.2 Å². The molecule has 1 saturated heterocycles. The van der Waals surface area contributed by atoms with Crippen molar-refractivity contribution in [2.75, 3.05) is 25.1 Å². The van der Waals surface area contributed by atoms with Gasteiger partial charge in [0.15, 0.2) is 0 Å². The Balaban J connectivity index is 1.88. The van der Waals surface area contributed by atoms with E-state index in [-0.39, 0.29) is 29.5 Å². The third-order valence-corrected chi connectivity index (χ3v) is 7.76. The summed E-state index contributed by atoms with van der Waals surface area (Å²) in [5, 5.41) is 5.95. The number of phosphoric acid groups is 1. The zero-order valence-electron chi connectivity index (χ0n) is 23.1. The molecule has 2 aromatic rings. The Morgan fingerprint density at radius 3 is 2.05 bits per heavy atom. The second-order valence-electron chi connectivity index (χ2n) is 10.6. The fourth-order valence-electron chi connectivity index (χ4n) is 4.63. The summed E-state index contributed by atoms with van der Waals surface area (Å²) in [5.74, 6) is -0.957. The summed E-state index contributed by atoms with van der Waals surface area (Å²) in [6.45, 7) is 13.3.